The molecule has 0 atom stereocenters. The Morgan fingerprint density at radius 1 is 0.302 bits per heavy atom. The summed E-state index contributed by atoms with van der Waals surface area (Å²) in [4.78, 5) is 10.6. The first-order chi connectivity index (χ1) is 26.3. The first-order valence-corrected chi connectivity index (χ1v) is 18.2. The first kappa shape index (κ1) is 28.6. The molecule has 12 aromatic rings. The largest absolute Gasteiger partial charge is 0.278 e. The van der Waals surface area contributed by atoms with Gasteiger partial charge in [0.05, 0.1) is 22.2 Å². The van der Waals surface area contributed by atoms with Crippen LogP contribution in [0.15, 0.2) is 176 Å². The summed E-state index contributed by atoms with van der Waals surface area (Å²) in [6.45, 7) is 0. The van der Waals surface area contributed by atoms with E-state index in [1.807, 2.05) is 0 Å². The Kier molecular flexibility index (Phi) is 5.77. The molecule has 0 radical (unpaired) electrons. The van der Waals surface area contributed by atoms with E-state index in [1.54, 1.807) is 0 Å². The van der Waals surface area contributed by atoms with E-state index in [1.165, 1.54) is 75.8 Å². The summed E-state index contributed by atoms with van der Waals surface area (Å²) in [5, 5.41) is 16.2. The minimum atomic E-state index is 0.667. The van der Waals surface area contributed by atoms with Crippen LogP contribution in [0.1, 0.15) is 0 Å². The van der Waals surface area contributed by atoms with E-state index in [0.717, 1.165) is 33.2 Å². The van der Waals surface area contributed by atoms with Gasteiger partial charge in [-0.25, -0.2) is 9.97 Å². The van der Waals surface area contributed by atoms with Crippen molar-refractivity contribution in [3.8, 4) is 28.3 Å². The van der Waals surface area contributed by atoms with E-state index in [9.17, 15) is 0 Å². The van der Waals surface area contributed by atoms with Crippen molar-refractivity contribution in [3.63, 3.8) is 0 Å². The third kappa shape index (κ3) is 4.10. The molecule has 12 rings (SSSR count). The molecular formula is C50H29N3. The quantitative estimate of drug-likeness (QED) is 0.175. The van der Waals surface area contributed by atoms with Gasteiger partial charge in [0.25, 0.3) is 0 Å². The number of rotatable bonds is 3. The molecule has 2 aromatic heterocycles. The van der Waals surface area contributed by atoms with Crippen LogP contribution in [0, 0.1) is 0 Å². The minimum absolute atomic E-state index is 0.667. The molecule has 0 spiro atoms. The molecular weight excluding hydrogens is 643 g/mol. The van der Waals surface area contributed by atoms with Crippen LogP contribution in [0.5, 0.6) is 0 Å². The highest BCUT2D eigenvalue weighted by atomic mass is 15.2. The summed E-state index contributed by atoms with van der Waals surface area (Å²) in [6.07, 6.45) is 0. The Hall–Kier alpha value is -7.10. The summed E-state index contributed by atoms with van der Waals surface area (Å²) in [7, 11) is 0. The van der Waals surface area contributed by atoms with Crippen molar-refractivity contribution in [3.05, 3.63) is 176 Å². The van der Waals surface area contributed by atoms with Crippen molar-refractivity contribution < 1.29 is 0 Å². The van der Waals surface area contributed by atoms with Gasteiger partial charge in [0, 0.05) is 21.7 Å². The summed E-state index contributed by atoms with van der Waals surface area (Å²) in [5.41, 5.74) is 7.49. The Balaban J connectivity index is 1.11. The number of hydrogen-bond donors (Lipinski definition) is 0. The highest BCUT2D eigenvalue weighted by Gasteiger charge is 2.19. The highest BCUT2D eigenvalue weighted by Crippen LogP contribution is 2.43. The maximum atomic E-state index is 5.37. The van der Waals surface area contributed by atoms with E-state index in [4.69, 9.17) is 9.97 Å². The van der Waals surface area contributed by atoms with Crippen molar-refractivity contribution in [1.29, 1.82) is 0 Å². The van der Waals surface area contributed by atoms with Gasteiger partial charge in [-0.15, -0.1) is 0 Å². The number of aromatic nitrogens is 3. The predicted molar refractivity (Wildman–Crippen MR) is 223 cm³/mol. The lowest BCUT2D eigenvalue weighted by Crippen LogP contribution is -2.03. The lowest BCUT2D eigenvalue weighted by atomic mass is 9.87. The number of fused-ring (bicyclic) bond motifs is 12. The molecule has 0 amide bonds. The number of nitrogens with zero attached hydrogens (tertiary/aromatic N) is 3. The summed E-state index contributed by atoms with van der Waals surface area (Å²) >= 11 is 0. The van der Waals surface area contributed by atoms with Gasteiger partial charge in [-0.2, -0.15) is 0 Å². The Morgan fingerprint density at radius 2 is 0.830 bits per heavy atom. The normalized spacial score (nSPS) is 12.2. The first-order valence-electron chi connectivity index (χ1n) is 18.2. The van der Waals surface area contributed by atoms with Crippen LogP contribution in [0.4, 0.5) is 0 Å². The van der Waals surface area contributed by atoms with Gasteiger partial charge in [0.1, 0.15) is 0 Å². The SMILES string of the molecule is c1ccc2cc(-c3nc(-n4c5ccccc5c5cc(-c6cc7c8ccccc8c8cc7c(c6)c6ccccc68)ccc54)nc4ccccc34)ccc2c1. The molecule has 0 saturated heterocycles. The van der Waals surface area contributed by atoms with Crippen LogP contribution in [0.2, 0.25) is 0 Å². The molecule has 0 aliphatic rings. The fourth-order valence-electron chi connectivity index (χ4n) is 8.86. The molecule has 0 aliphatic heterocycles. The molecule has 244 valence electrons. The lowest BCUT2D eigenvalue weighted by molar-refractivity contribution is 1.01. The monoisotopic (exact) mass is 671 g/mol. The fourth-order valence-corrected chi connectivity index (χ4v) is 8.86. The average molecular weight is 672 g/mol. The molecule has 0 N–H and O–H groups in total. The van der Waals surface area contributed by atoms with E-state index in [-0.39, 0.29) is 0 Å². The number of para-hydroxylation sites is 2. The summed E-state index contributed by atoms with van der Waals surface area (Å²) in [6, 6.07) is 63.8. The molecule has 0 fully saturated rings. The lowest BCUT2D eigenvalue weighted by Gasteiger charge is -2.16. The molecule has 2 heterocycles. The van der Waals surface area contributed by atoms with Crippen LogP contribution >= 0.6 is 0 Å². The van der Waals surface area contributed by atoms with Gasteiger partial charge in [0.15, 0.2) is 0 Å². The zero-order chi connectivity index (χ0) is 34.6. The van der Waals surface area contributed by atoms with Crippen molar-refractivity contribution in [2.75, 3.05) is 0 Å². The van der Waals surface area contributed by atoms with Gasteiger partial charge in [-0.1, -0.05) is 127 Å². The van der Waals surface area contributed by atoms with E-state index in [2.05, 4.69) is 180 Å². The van der Waals surface area contributed by atoms with E-state index >= 15 is 0 Å². The number of hydrogen-bond acceptors (Lipinski definition) is 2. The molecule has 0 aliphatic carbocycles. The second-order valence-electron chi connectivity index (χ2n) is 14.2. The van der Waals surface area contributed by atoms with Gasteiger partial charge >= 0.3 is 0 Å². The maximum absolute atomic E-state index is 5.37. The third-order valence-electron chi connectivity index (χ3n) is 11.3. The standard InChI is InChI=1S/C50H29N3/c1-2-12-31-25-33(22-21-30(31)11-1)49-40-18-7-9-19-46(40)51-50(52-49)53-47-20-10-8-17-39(47)45-26-32(23-24-48(45)53)34-27-41-35-13-3-5-15-37(35)43-29-44(41)42(28-34)36-14-4-6-16-38(36)43/h1-29H. The van der Waals surface area contributed by atoms with Crippen molar-refractivity contribution in [2.45, 2.75) is 0 Å². The maximum Gasteiger partial charge on any atom is 0.235 e. The van der Waals surface area contributed by atoms with Crippen LogP contribution in [0.3, 0.4) is 0 Å². The zero-order valence-electron chi connectivity index (χ0n) is 28.6. The van der Waals surface area contributed by atoms with Gasteiger partial charge in [-0.3, -0.25) is 4.57 Å². The zero-order valence-corrected chi connectivity index (χ0v) is 28.6. The predicted octanol–water partition coefficient (Wildman–Crippen LogP) is 13.3. The smallest absolute Gasteiger partial charge is 0.235 e. The van der Waals surface area contributed by atoms with Crippen LogP contribution < -0.4 is 0 Å². The third-order valence-corrected chi connectivity index (χ3v) is 11.3. The summed E-state index contributed by atoms with van der Waals surface area (Å²) < 4.78 is 2.24. The van der Waals surface area contributed by atoms with Gasteiger partial charge in [-0.05, 0) is 114 Å². The molecule has 3 heteroatoms. The Labute approximate surface area is 304 Å². The Morgan fingerprint density at radius 3 is 1.57 bits per heavy atom. The van der Waals surface area contributed by atoms with Crippen molar-refractivity contribution >= 4 is 86.6 Å². The molecule has 53 heavy (non-hydrogen) atoms. The Bertz CT molecular complexity index is 3380. The van der Waals surface area contributed by atoms with E-state index < -0.39 is 0 Å². The molecule has 0 saturated carbocycles. The van der Waals surface area contributed by atoms with Crippen molar-refractivity contribution in [2.24, 2.45) is 0 Å². The molecule has 10 aromatic carbocycles. The van der Waals surface area contributed by atoms with E-state index in [0.29, 0.717) is 5.95 Å². The van der Waals surface area contributed by atoms with Gasteiger partial charge in [0.2, 0.25) is 5.95 Å². The second kappa shape index (κ2) is 10.7. The van der Waals surface area contributed by atoms with Crippen LogP contribution in [-0.4, -0.2) is 14.5 Å². The highest BCUT2D eigenvalue weighted by molar-refractivity contribution is 6.31. The summed E-state index contributed by atoms with van der Waals surface area (Å²) in [5.74, 6) is 0.667. The average Bonchev–Trinajstić information content (AvgIpc) is 3.56. The topological polar surface area (TPSA) is 30.7 Å². The molecule has 3 nitrogen and oxygen atoms in total. The van der Waals surface area contributed by atoms with Gasteiger partial charge < -0.3 is 0 Å². The van der Waals surface area contributed by atoms with Crippen LogP contribution in [-0.2, 0) is 0 Å². The van der Waals surface area contributed by atoms with Crippen molar-refractivity contribution in [1.82, 2.24) is 14.5 Å². The molecule has 0 unspecified atom stereocenters. The molecule has 2 bridgehead atoms. The fraction of sp³-hybridized carbons (Fsp3) is 0. The second-order valence-corrected chi connectivity index (χ2v) is 14.2. The van der Waals surface area contributed by atoms with Crippen LogP contribution in [0.25, 0.3) is 115 Å². The number of benzene rings is 10. The minimum Gasteiger partial charge on any atom is -0.278 e.